The van der Waals surface area contributed by atoms with Crippen molar-refractivity contribution in [1.29, 1.82) is 0 Å². The molecule has 3 nitrogen and oxygen atoms in total. The molecule has 0 fully saturated rings. The summed E-state index contributed by atoms with van der Waals surface area (Å²) in [6.45, 7) is 0. The number of hydrogen-bond donors (Lipinski definition) is 2. The molecule has 1 unspecified atom stereocenters. The molecule has 1 atom stereocenters. The number of halogens is 1. The van der Waals surface area contributed by atoms with Gasteiger partial charge in [-0.3, -0.25) is 4.79 Å². The van der Waals surface area contributed by atoms with Crippen LogP contribution in [0, 0.1) is 5.82 Å². The number of nitrogens with two attached hydrogens (primary N) is 1. The number of carbonyl (C=O) groups is 1. The lowest BCUT2D eigenvalue weighted by Gasteiger charge is -2.09. The molecular weight excluding hydrogens is 185 g/mol. The highest BCUT2D eigenvalue weighted by molar-refractivity contribution is 5.67. The molecule has 1 aromatic carbocycles. The quantitative estimate of drug-likeness (QED) is 0.761. The fourth-order valence-corrected chi connectivity index (χ4v) is 1.24. The van der Waals surface area contributed by atoms with Crippen molar-refractivity contribution in [1.82, 2.24) is 0 Å². The zero-order chi connectivity index (χ0) is 10.6. The number of carboxylic acids is 1. The predicted octanol–water partition coefficient (Wildman–Crippen LogP) is 1.17. The van der Waals surface area contributed by atoms with Crippen molar-refractivity contribution in [3.63, 3.8) is 0 Å². The van der Waals surface area contributed by atoms with Crippen molar-refractivity contribution >= 4 is 5.97 Å². The Morgan fingerprint density at radius 2 is 2.14 bits per heavy atom. The van der Waals surface area contributed by atoms with Crippen LogP contribution in [-0.4, -0.2) is 17.1 Å². The average Bonchev–Trinajstić information content (AvgIpc) is 2.07. The minimum absolute atomic E-state index is 0.145. The Morgan fingerprint density at radius 3 is 2.71 bits per heavy atom. The van der Waals surface area contributed by atoms with E-state index < -0.39 is 12.0 Å². The molecule has 0 amide bonds. The summed E-state index contributed by atoms with van der Waals surface area (Å²) in [7, 11) is 0. The second-order valence-electron chi connectivity index (χ2n) is 3.15. The molecule has 1 aromatic rings. The molecule has 0 aliphatic carbocycles. The molecule has 0 heterocycles. The Bertz CT molecular complexity index is 328. The van der Waals surface area contributed by atoms with Crippen LogP contribution in [0.3, 0.4) is 0 Å². The highest BCUT2D eigenvalue weighted by Crippen LogP contribution is 2.09. The summed E-state index contributed by atoms with van der Waals surface area (Å²) in [6, 6.07) is 5.69. The first kappa shape index (κ1) is 10.7. The van der Waals surface area contributed by atoms with E-state index in [1.165, 1.54) is 6.07 Å². The van der Waals surface area contributed by atoms with E-state index in [0.29, 0.717) is 5.56 Å². The third-order valence-electron chi connectivity index (χ3n) is 1.88. The molecule has 76 valence electrons. The fourth-order valence-electron chi connectivity index (χ4n) is 1.24. The lowest BCUT2D eigenvalue weighted by Crippen LogP contribution is -2.26. The Hall–Kier alpha value is -1.42. The van der Waals surface area contributed by atoms with E-state index in [9.17, 15) is 9.18 Å². The predicted molar refractivity (Wildman–Crippen MR) is 50.3 cm³/mol. The topological polar surface area (TPSA) is 63.3 Å². The van der Waals surface area contributed by atoms with E-state index in [4.69, 9.17) is 10.8 Å². The highest BCUT2D eigenvalue weighted by Gasteiger charge is 2.10. The number of benzene rings is 1. The van der Waals surface area contributed by atoms with Gasteiger partial charge < -0.3 is 10.8 Å². The van der Waals surface area contributed by atoms with Gasteiger partial charge in [-0.25, -0.2) is 4.39 Å². The smallest absolute Gasteiger partial charge is 0.304 e. The Morgan fingerprint density at radius 1 is 1.50 bits per heavy atom. The number of aliphatic carboxylic acids is 1. The summed E-state index contributed by atoms with van der Waals surface area (Å²) in [5.41, 5.74) is 5.99. The monoisotopic (exact) mass is 197 g/mol. The summed E-state index contributed by atoms with van der Waals surface area (Å²) in [6.07, 6.45) is 0.104. The van der Waals surface area contributed by atoms with Crippen molar-refractivity contribution in [3.05, 3.63) is 35.6 Å². The van der Waals surface area contributed by atoms with Gasteiger partial charge in [0, 0.05) is 6.04 Å². The first-order valence-electron chi connectivity index (χ1n) is 4.30. The summed E-state index contributed by atoms with van der Waals surface area (Å²) < 4.78 is 13.1. The molecule has 4 heteroatoms. The molecular formula is C10H12FNO2. The van der Waals surface area contributed by atoms with Gasteiger partial charge in [0.15, 0.2) is 0 Å². The van der Waals surface area contributed by atoms with Gasteiger partial charge in [-0.15, -0.1) is 0 Å². The van der Waals surface area contributed by atoms with Crippen LogP contribution in [-0.2, 0) is 11.2 Å². The van der Waals surface area contributed by atoms with Crippen LogP contribution >= 0.6 is 0 Å². The van der Waals surface area contributed by atoms with Crippen molar-refractivity contribution < 1.29 is 14.3 Å². The van der Waals surface area contributed by atoms with Crippen molar-refractivity contribution in [2.75, 3.05) is 0 Å². The summed E-state index contributed by atoms with van der Waals surface area (Å²) in [4.78, 5) is 10.3. The van der Waals surface area contributed by atoms with Crippen LogP contribution in [0.15, 0.2) is 24.3 Å². The standard InChI is InChI=1S/C10H12FNO2/c11-9-4-2-1-3-7(9)5-8(12)6-10(13)14/h1-4,8H,5-6,12H2,(H,13,14). The maximum Gasteiger partial charge on any atom is 0.304 e. The van der Waals surface area contributed by atoms with Crippen molar-refractivity contribution in [2.45, 2.75) is 18.9 Å². The van der Waals surface area contributed by atoms with Crippen molar-refractivity contribution in [3.8, 4) is 0 Å². The van der Waals surface area contributed by atoms with Gasteiger partial charge >= 0.3 is 5.97 Å². The molecule has 0 saturated heterocycles. The van der Waals surface area contributed by atoms with Crippen LogP contribution in [0.5, 0.6) is 0 Å². The van der Waals surface area contributed by atoms with Crippen LogP contribution < -0.4 is 5.73 Å². The van der Waals surface area contributed by atoms with Gasteiger partial charge in [0.05, 0.1) is 6.42 Å². The Balaban J connectivity index is 2.60. The molecule has 0 aromatic heterocycles. The van der Waals surface area contributed by atoms with Gasteiger partial charge in [-0.05, 0) is 18.1 Å². The second kappa shape index (κ2) is 4.72. The number of carboxylic acid groups (broad SMARTS) is 1. The molecule has 3 N–H and O–H groups in total. The van der Waals surface area contributed by atoms with Crippen LogP contribution in [0.2, 0.25) is 0 Å². The molecule has 0 saturated carbocycles. The normalized spacial score (nSPS) is 12.4. The molecule has 0 aliphatic rings. The van der Waals surface area contributed by atoms with E-state index in [1.807, 2.05) is 0 Å². The van der Waals surface area contributed by atoms with Gasteiger partial charge in [0.1, 0.15) is 5.82 Å². The highest BCUT2D eigenvalue weighted by atomic mass is 19.1. The number of hydrogen-bond acceptors (Lipinski definition) is 2. The molecule has 0 spiro atoms. The van der Waals surface area contributed by atoms with E-state index in [1.54, 1.807) is 18.2 Å². The fraction of sp³-hybridized carbons (Fsp3) is 0.300. The van der Waals surface area contributed by atoms with Crippen molar-refractivity contribution in [2.24, 2.45) is 5.73 Å². The second-order valence-corrected chi connectivity index (χ2v) is 3.15. The van der Waals surface area contributed by atoms with Gasteiger partial charge in [0.2, 0.25) is 0 Å². The average molecular weight is 197 g/mol. The molecule has 1 rings (SSSR count). The zero-order valence-electron chi connectivity index (χ0n) is 7.61. The summed E-state index contributed by atoms with van der Waals surface area (Å²) >= 11 is 0. The first-order chi connectivity index (χ1) is 6.59. The number of rotatable bonds is 4. The Labute approximate surface area is 81.4 Å². The largest absolute Gasteiger partial charge is 0.481 e. The SMILES string of the molecule is NC(CC(=O)O)Cc1ccccc1F. The minimum atomic E-state index is -0.964. The maximum absolute atomic E-state index is 13.1. The molecule has 0 bridgehead atoms. The lowest BCUT2D eigenvalue weighted by atomic mass is 10.0. The van der Waals surface area contributed by atoms with E-state index in [-0.39, 0.29) is 18.7 Å². The van der Waals surface area contributed by atoms with Gasteiger partial charge in [-0.1, -0.05) is 18.2 Å². The molecule has 0 aliphatic heterocycles. The van der Waals surface area contributed by atoms with E-state index >= 15 is 0 Å². The lowest BCUT2D eigenvalue weighted by molar-refractivity contribution is -0.137. The third-order valence-corrected chi connectivity index (χ3v) is 1.88. The molecule has 14 heavy (non-hydrogen) atoms. The zero-order valence-corrected chi connectivity index (χ0v) is 7.61. The van der Waals surface area contributed by atoms with Crippen LogP contribution in [0.1, 0.15) is 12.0 Å². The van der Waals surface area contributed by atoms with E-state index in [2.05, 4.69) is 0 Å². The Kier molecular flexibility index (Phi) is 3.59. The first-order valence-corrected chi connectivity index (χ1v) is 4.30. The van der Waals surface area contributed by atoms with Crippen LogP contribution in [0.25, 0.3) is 0 Å². The maximum atomic E-state index is 13.1. The molecule has 0 radical (unpaired) electrons. The summed E-state index contributed by atoms with van der Waals surface area (Å²) in [5.74, 6) is -1.30. The van der Waals surface area contributed by atoms with Gasteiger partial charge in [-0.2, -0.15) is 0 Å². The third kappa shape index (κ3) is 3.14. The van der Waals surface area contributed by atoms with E-state index in [0.717, 1.165) is 0 Å². The van der Waals surface area contributed by atoms with Gasteiger partial charge in [0.25, 0.3) is 0 Å². The minimum Gasteiger partial charge on any atom is -0.481 e. The van der Waals surface area contributed by atoms with Crippen LogP contribution in [0.4, 0.5) is 4.39 Å². The summed E-state index contributed by atoms with van der Waals surface area (Å²) in [5, 5.41) is 8.46.